The summed E-state index contributed by atoms with van der Waals surface area (Å²) in [5.74, 6) is 0. The van der Waals surface area contributed by atoms with Crippen molar-refractivity contribution in [2.75, 3.05) is 54.4 Å². The number of piperazine rings is 1. The Kier molecular flexibility index (Phi) is 7.18. The molecule has 190 valence electrons. The summed E-state index contributed by atoms with van der Waals surface area (Å²) in [4.78, 5) is 7.15. The summed E-state index contributed by atoms with van der Waals surface area (Å²) in [5, 5.41) is 3.71. The minimum atomic E-state index is -3.39. The molecule has 8 nitrogen and oxygen atoms in total. The average molecular weight is 630 g/mol. The maximum Gasteiger partial charge on any atom is 0.288 e. The molecule has 2 saturated heterocycles. The number of ether oxygens (including phenoxy) is 1. The largest absolute Gasteiger partial charge is 0.372 e. The molecule has 2 N–H and O–H groups in total. The normalized spacial score (nSPS) is 23.0. The highest BCUT2D eigenvalue weighted by Crippen LogP contribution is 2.49. The standard InChI is InChI=1S/C24H32IN5O3S2/c1-15-9-19(28-5-7-30(8-6-28)35(31,32)27-25)11-21-23(15)26-24-16(2)10-20(12-22(24)34-21)29-13-17(3)33-18(4)14-29/h9-12,17-18,26-27H,5-8,13-14H2,1-4H3/t17-,18+. The average Bonchev–Trinajstić information content (AvgIpc) is 2.82. The number of fused-ring (bicyclic) bond motifs is 2. The maximum absolute atomic E-state index is 12.1. The van der Waals surface area contributed by atoms with E-state index in [-0.39, 0.29) is 12.2 Å². The Balaban J connectivity index is 1.39. The van der Waals surface area contributed by atoms with Gasteiger partial charge in [-0.05, 0) is 63.1 Å². The van der Waals surface area contributed by atoms with Crippen LogP contribution >= 0.6 is 34.6 Å². The number of anilines is 4. The van der Waals surface area contributed by atoms with Crippen molar-refractivity contribution in [3.8, 4) is 0 Å². The molecule has 3 aliphatic heterocycles. The lowest BCUT2D eigenvalue weighted by molar-refractivity contribution is -0.00523. The second-order valence-electron chi connectivity index (χ2n) is 9.63. The van der Waals surface area contributed by atoms with Crippen LogP contribution in [0.1, 0.15) is 25.0 Å². The van der Waals surface area contributed by atoms with Gasteiger partial charge in [-0.15, -0.1) is 2.94 Å². The molecule has 11 heteroatoms. The molecule has 35 heavy (non-hydrogen) atoms. The van der Waals surface area contributed by atoms with Gasteiger partial charge in [0.15, 0.2) is 0 Å². The molecular formula is C24H32IN5O3S2. The number of hydrogen-bond acceptors (Lipinski definition) is 7. The van der Waals surface area contributed by atoms with E-state index >= 15 is 0 Å². The zero-order chi connectivity index (χ0) is 24.9. The Labute approximate surface area is 226 Å². The third-order valence-corrected chi connectivity index (χ3v) is 10.9. The van der Waals surface area contributed by atoms with Crippen LogP contribution in [0.5, 0.6) is 0 Å². The van der Waals surface area contributed by atoms with Gasteiger partial charge in [0, 0.05) is 83.3 Å². The van der Waals surface area contributed by atoms with Crippen molar-refractivity contribution in [1.82, 2.24) is 7.24 Å². The van der Waals surface area contributed by atoms with E-state index in [0.717, 1.165) is 24.5 Å². The molecule has 0 unspecified atom stereocenters. The molecule has 2 atom stereocenters. The molecule has 0 spiro atoms. The molecule has 2 fully saturated rings. The SMILES string of the molecule is Cc1cc(N2CCN(S(=O)(=O)NI)CC2)cc2c1Nc1c(C)cc(N3C[C@@H](C)O[C@@H](C)C3)cc1S2. The van der Waals surface area contributed by atoms with Gasteiger partial charge in [-0.2, -0.15) is 12.7 Å². The van der Waals surface area contributed by atoms with Crippen LogP contribution in [0.2, 0.25) is 0 Å². The van der Waals surface area contributed by atoms with Crippen LogP contribution < -0.4 is 18.1 Å². The van der Waals surface area contributed by atoms with Crippen LogP contribution in [0.3, 0.4) is 0 Å². The number of hydrogen-bond donors (Lipinski definition) is 2. The summed E-state index contributed by atoms with van der Waals surface area (Å²) < 4.78 is 34.1. The van der Waals surface area contributed by atoms with Crippen molar-refractivity contribution in [1.29, 1.82) is 0 Å². The third-order valence-electron chi connectivity index (χ3n) is 6.86. The fourth-order valence-corrected chi connectivity index (χ4v) is 7.99. The van der Waals surface area contributed by atoms with E-state index in [0.29, 0.717) is 26.2 Å². The van der Waals surface area contributed by atoms with Crippen molar-refractivity contribution < 1.29 is 13.2 Å². The van der Waals surface area contributed by atoms with Gasteiger partial charge in [-0.25, -0.2) is 0 Å². The monoisotopic (exact) mass is 629 g/mol. The summed E-state index contributed by atoms with van der Waals surface area (Å²) in [6.07, 6.45) is 0.435. The van der Waals surface area contributed by atoms with Crippen LogP contribution in [-0.4, -0.2) is 64.2 Å². The van der Waals surface area contributed by atoms with Gasteiger partial charge in [0.25, 0.3) is 10.2 Å². The van der Waals surface area contributed by atoms with Gasteiger partial charge in [0.05, 0.1) is 23.6 Å². The van der Waals surface area contributed by atoms with E-state index in [9.17, 15) is 8.42 Å². The van der Waals surface area contributed by atoms with Crippen LogP contribution in [0.4, 0.5) is 22.7 Å². The summed E-state index contributed by atoms with van der Waals surface area (Å²) in [5.41, 5.74) is 7.16. The predicted octanol–water partition coefficient (Wildman–Crippen LogP) is 4.43. The molecule has 0 radical (unpaired) electrons. The Morgan fingerprint density at radius 1 is 0.914 bits per heavy atom. The van der Waals surface area contributed by atoms with Crippen molar-refractivity contribution in [2.45, 2.75) is 49.7 Å². The molecule has 3 heterocycles. The number of morpholine rings is 1. The van der Waals surface area contributed by atoms with Crippen LogP contribution in [0.25, 0.3) is 0 Å². The lowest BCUT2D eigenvalue weighted by Crippen LogP contribution is -2.50. The number of halogens is 1. The zero-order valence-corrected chi connectivity index (χ0v) is 24.3. The van der Waals surface area contributed by atoms with E-state index in [1.807, 2.05) is 11.8 Å². The van der Waals surface area contributed by atoms with E-state index in [4.69, 9.17) is 4.74 Å². The first-order valence-electron chi connectivity index (χ1n) is 11.9. The van der Waals surface area contributed by atoms with Gasteiger partial charge in [0.2, 0.25) is 0 Å². The zero-order valence-electron chi connectivity index (χ0n) is 20.5. The molecule has 0 bridgehead atoms. The lowest BCUT2D eigenvalue weighted by atomic mass is 10.1. The van der Waals surface area contributed by atoms with Gasteiger partial charge >= 0.3 is 0 Å². The van der Waals surface area contributed by atoms with Crippen LogP contribution in [0.15, 0.2) is 34.1 Å². The number of benzene rings is 2. The summed E-state index contributed by atoms with van der Waals surface area (Å²) in [6, 6.07) is 9.03. The van der Waals surface area contributed by atoms with Crippen molar-refractivity contribution in [3.63, 3.8) is 0 Å². The molecule has 3 aliphatic rings. The summed E-state index contributed by atoms with van der Waals surface area (Å²) in [6.45, 7) is 12.7. The molecule has 5 rings (SSSR count). The second kappa shape index (κ2) is 9.90. The first kappa shape index (κ1) is 25.4. The topological polar surface area (TPSA) is 77.2 Å². The van der Waals surface area contributed by atoms with E-state index in [1.54, 1.807) is 22.9 Å². The molecule has 2 aromatic rings. The number of nitrogens with one attached hydrogen (secondary N) is 2. The summed E-state index contributed by atoms with van der Waals surface area (Å²) >= 11 is 3.50. The van der Waals surface area contributed by atoms with E-state index < -0.39 is 10.2 Å². The minimum Gasteiger partial charge on any atom is -0.372 e. The lowest BCUT2D eigenvalue weighted by Gasteiger charge is -2.38. The van der Waals surface area contributed by atoms with Gasteiger partial charge in [-0.3, -0.25) is 0 Å². The molecule has 0 aromatic heterocycles. The van der Waals surface area contributed by atoms with E-state index in [2.05, 4.69) is 70.0 Å². The molecule has 0 saturated carbocycles. The van der Waals surface area contributed by atoms with E-state index in [1.165, 1.54) is 36.6 Å². The van der Waals surface area contributed by atoms with Gasteiger partial charge in [-0.1, -0.05) is 11.8 Å². The van der Waals surface area contributed by atoms with Crippen molar-refractivity contribution in [3.05, 3.63) is 35.4 Å². The fraction of sp³-hybridized carbons (Fsp3) is 0.500. The molecule has 0 aliphatic carbocycles. The Hall–Kier alpha value is -1.25. The third kappa shape index (κ3) is 5.12. The van der Waals surface area contributed by atoms with Gasteiger partial charge < -0.3 is 19.9 Å². The van der Waals surface area contributed by atoms with Gasteiger partial charge in [0.1, 0.15) is 0 Å². The maximum atomic E-state index is 12.1. The Morgan fingerprint density at radius 3 is 1.94 bits per heavy atom. The molecular weight excluding hydrogens is 597 g/mol. The summed E-state index contributed by atoms with van der Waals surface area (Å²) in [7, 11) is -3.39. The first-order valence-corrected chi connectivity index (χ1v) is 15.2. The highest BCUT2D eigenvalue weighted by molar-refractivity contribution is 14.1. The quantitative estimate of drug-likeness (QED) is 0.327. The highest BCUT2D eigenvalue weighted by Gasteiger charge is 2.29. The fourth-order valence-electron chi connectivity index (χ4n) is 5.19. The number of nitrogens with zero attached hydrogens (tertiary/aromatic N) is 3. The second-order valence-corrected chi connectivity index (χ2v) is 13.7. The number of rotatable bonds is 4. The first-order chi connectivity index (χ1) is 16.6. The minimum absolute atomic E-state index is 0.218. The number of aryl methyl sites for hydroxylation is 2. The predicted molar refractivity (Wildman–Crippen MR) is 152 cm³/mol. The van der Waals surface area contributed by atoms with Crippen molar-refractivity contribution in [2.24, 2.45) is 0 Å². The Bertz CT molecular complexity index is 1220. The molecule has 2 aromatic carbocycles. The van der Waals surface area contributed by atoms with Crippen molar-refractivity contribution >= 4 is 67.6 Å². The molecule has 0 amide bonds. The smallest absolute Gasteiger partial charge is 0.288 e. The highest BCUT2D eigenvalue weighted by atomic mass is 127. The van der Waals surface area contributed by atoms with Crippen LogP contribution in [-0.2, 0) is 14.9 Å². The van der Waals surface area contributed by atoms with Crippen LogP contribution in [0, 0.1) is 13.8 Å². The Morgan fingerprint density at radius 2 is 1.43 bits per heavy atom.